The second-order valence-electron chi connectivity index (χ2n) is 6.38. The number of aliphatic hydroxyl groups is 1. The van der Waals surface area contributed by atoms with Crippen LogP contribution in [0.3, 0.4) is 0 Å². The van der Waals surface area contributed by atoms with Crippen molar-refractivity contribution in [2.45, 2.75) is 71.1 Å². The van der Waals surface area contributed by atoms with Crippen molar-refractivity contribution in [1.82, 2.24) is 19.1 Å². The first kappa shape index (κ1) is 16.0. The number of H-pyrrole nitrogens is 1. The number of rotatable bonds is 5. The molecule has 0 unspecified atom stereocenters. The third-order valence-corrected chi connectivity index (χ3v) is 4.57. The molecule has 0 radical (unpaired) electrons. The molecule has 1 aliphatic rings. The van der Waals surface area contributed by atoms with Crippen molar-refractivity contribution in [3.05, 3.63) is 26.7 Å². The van der Waals surface area contributed by atoms with Gasteiger partial charge in [0.1, 0.15) is 11.3 Å². The number of hydrogen-bond donors (Lipinski definition) is 2. The molecular weight excluding hydrogens is 296 g/mol. The summed E-state index contributed by atoms with van der Waals surface area (Å²) < 4.78 is 2.89. The Bertz CT molecular complexity index is 817. The number of nitrogens with one attached hydrogen (secondary N) is 1. The molecule has 23 heavy (non-hydrogen) atoms. The highest BCUT2D eigenvalue weighted by Crippen LogP contribution is 2.33. The van der Waals surface area contributed by atoms with Crippen LogP contribution in [0, 0.1) is 0 Å². The summed E-state index contributed by atoms with van der Waals surface area (Å²) in [6, 6.07) is 0. The molecule has 2 aromatic heterocycles. The summed E-state index contributed by atoms with van der Waals surface area (Å²) in [6.07, 6.45) is 3.47. The lowest BCUT2D eigenvalue weighted by Gasteiger charge is -2.09. The molecule has 1 aliphatic carbocycles. The van der Waals surface area contributed by atoms with Gasteiger partial charge in [-0.25, -0.2) is 9.78 Å². The minimum absolute atomic E-state index is 0.126. The predicted octanol–water partition coefficient (Wildman–Crippen LogP) is 1.33. The Kier molecular flexibility index (Phi) is 4.39. The second kappa shape index (κ2) is 6.31. The summed E-state index contributed by atoms with van der Waals surface area (Å²) in [4.78, 5) is 32.9. The van der Waals surface area contributed by atoms with Crippen LogP contribution in [0.2, 0.25) is 0 Å². The zero-order chi connectivity index (χ0) is 16.6. The number of aromatic nitrogens is 4. The second-order valence-corrected chi connectivity index (χ2v) is 6.38. The fourth-order valence-corrected chi connectivity index (χ4v) is 3.43. The predicted molar refractivity (Wildman–Crippen MR) is 87.8 cm³/mol. The first-order valence-electron chi connectivity index (χ1n) is 8.48. The fourth-order valence-electron chi connectivity index (χ4n) is 3.43. The van der Waals surface area contributed by atoms with Gasteiger partial charge in [0.05, 0.1) is 6.10 Å². The molecule has 0 saturated heterocycles. The van der Waals surface area contributed by atoms with Crippen LogP contribution in [0.15, 0.2) is 9.59 Å². The minimum atomic E-state index is -0.303. The molecule has 3 rings (SSSR count). The van der Waals surface area contributed by atoms with Crippen molar-refractivity contribution in [2.24, 2.45) is 0 Å². The highest BCUT2D eigenvalue weighted by atomic mass is 16.3. The Morgan fingerprint density at radius 1 is 1.17 bits per heavy atom. The van der Waals surface area contributed by atoms with Crippen LogP contribution in [0.4, 0.5) is 0 Å². The molecule has 2 N–H and O–H groups in total. The quantitative estimate of drug-likeness (QED) is 0.869. The fraction of sp³-hybridized carbons (Fsp3) is 0.688. The van der Waals surface area contributed by atoms with E-state index in [2.05, 4.69) is 9.97 Å². The van der Waals surface area contributed by atoms with Gasteiger partial charge in [-0.1, -0.05) is 13.8 Å². The van der Waals surface area contributed by atoms with Crippen molar-refractivity contribution in [3.63, 3.8) is 0 Å². The number of imidazole rings is 1. The molecule has 7 nitrogen and oxygen atoms in total. The van der Waals surface area contributed by atoms with E-state index in [-0.39, 0.29) is 23.3 Å². The smallest absolute Gasteiger partial charge is 0.332 e. The van der Waals surface area contributed by atoms with E-state index in [1.807, 2.05) is 13.8 Å². The highest BCUT2D eigenvalue weighted by molar-refractivity contribution is 5.70. The Balaban J connectivity index is 2.19. The van der Waals surface area contributed by atoms with Gasteiger partial charge < -0.3 is 10.1 Å². The SMILES string of the molecule is CCCn1c(=O)c2[nH]c([C@@H]3CC[C@@H](O)C3)nc2n(CCC)c1=O. The largest absolute Gasteiger partial charge is 0.393 e. The molecule has 0 spiro atoms. The van der Waals surface area contributed by atoms with Gasteiger partial charge in [-0.05, 0) is 32.1 Å². The molecule has 1 saturated carbocycles. The third-order valence-electron chi connectivity index (χ3n) is 4.57. The van der Waals surface area contributed by atoms with E-state index >= 15 is 0 Å². The molecule has 1 fully saturated rings. The zero-order valence-electron chi connectivity index (χ0n) is 13.7. The molecule has 0 bridgehead atoms. The Morgan fingerprint density at radius 2 is 1.87 bits per heavy atom. The van der Waals surface area contributed by atoms with Crippen molar-refractivity contribution >= 4 is 11.2 Å². The number of aromatic amines is 1. The molecule has 0 aliphatic heterocycles. The van der Waals surface area contributed by atoms with E-state index < -0.39 is 0 Å². The first-order chi connectivity index (χ1) is 11.1. The zero-order valence-corrected chi connectivity index (χ0v) is 13.7. The van der Waals surface area contributed by atoms with Gasteiger partial charge in [0.2, 0.25) is 0 Å². The average molecular weight is 320 g/mol. The van der Waals surface area contributed by atoms with Crippen LogP contribution in [0.1, 0.15) is 57.7 Å². The molecule has 0 aromatic carbocycles. The Labute approximate surface area is 134 Å². The lowest BCUT2D eigenvalue weighted by atomic mass is 10.1. The van der Waals surface area contributed by atoms with Crippen molar-refractivity contribution in [2.75, 3.05) is 0 Å². The summed E-state index contributed by atoms with van der Waals surface area (Å²) in [6.45, 7) is 4.89. The Morgan fingerprint density at radius 3 is 2.48 bits per heavy atom. The van der Waals surface area contributed by atoms with E-state index in [1.165, 1.54) is 4.57 Å². The van der Waals surface area contributed by atoms with Crippen LogP contribution in [0.25, 0.3) is 11.2 Å². The van der Waals surface area contributed by atoms with Crippen LogP contribution in [-0.4, -0.2) is 30.3 Å². The minimum Gasteiger partial charge on any atom is -0.393 e. The van der Waals surface area contributed by atoms with E-state index in [0.29, 0.717) is 36.5 Å². The molecule has 0 amide bonds. The first-order valence-corrected chi connectivity index (χ1v) is 8.48. The van der Waals surface area contributed by atoms with Gasteiger partial charge in [0, 0.05) is 19.0 Å². The van der Waals surface area contributed by atoms with Crippen LogP contribution in [0.5, 0.6) is 0 Å². The van der Waals surface area contributed by atoms with Crippen molar-refractivity contribution < 1.29 is 5.11 Å². The summed E-state index contributed by atoms with van der Waals surface area (Å²) in [5, 5.41) is 9.72. The lowest BCUT2D eigenvalue weighted by Crippen LogP contribution is -2.40. The van der Waals surface area contributed by atoms with Gasteiger partial charge in [0.25, 0.3) is 5.56 Å². The van der Waals surface area contributed by atoms with Gasteiger partial charge in [0.15, 0.2) is 5.65 Å². The van der Waals surface area contributed by atoms with Crippen LogP contribution in [-0.2, 0) is 13.1 Å². The maximum Gasteiger partial charge on any atom is 0.332 e. The summed E-state index contributed by atoms with van der Waals surface area (Å²) in [5.41, 5.74) is 0.278. The maximum absolute atomic E-state index is 12.6. The van der Waals surface area contributed by atoms with Crippen LogP contribution < -0.4 is 11.2 Å². The van der Waals surface area contributed by atoms with Gasteiger partial charge >= 0.3 is 5.69 Å². The molecule has 126 valence electrons. The average Bonchev–Trinajstić information content (AvgIpc) is 3.14. The summed E-state index contributed by atoms with van der Waals surface area (Å²) in [7, 11) is 0. The number of fused-ring (bicyclic) bond motifs is 1. The number of hydrogen-bond acceptors (Lipinski definition) is 4. The van der Waals surface area contributed by atoms with E-state index in [4.69, 9.17) is 0 Å². The highest BCUT2D eigenvalue weighted by Gasteiger charge is 2.28. The number of nitrogens with zero attached hydrogens (tertiary/aromatic N) is 3. The summed E-state index contributed by atoms with van der Waals surface area (Å²) >= 11 is 0. The lowest BCUT2D eigenvalue weighted by molar-refractivity contribution is 0.181. The van der Waals surface area contributed by atoms with E-state index in [1.54, 1.807) is 4.57 Å². The van der Waals surface area contributed by atoms with Gasteiger partial charge in [-0.15, -0.1) is 0 Å². The third kappa shape index (κ3) is 2.73. The molecule has 2 heterocycles. The number of aryl methyl sites for hydroxylation is 1. The standard InChI is InChI=1S/C16H24N4O3/c1-3-7-19-14-12(15(22)20(8-4-2)16(19)23)17-13(18-14)10-5-6-11(21)9-10/h10-11,21H,3-9H2,1-2H3,(H,17,18)/t10-,11-/m1/s1. The molecule has 2 atom stereocenters. The van der Waals surface area contributed by atoms with Gasteiger partial charge in [-0.2, -0.15) is 0 Å². The monoisotopic (exact) mass is 320 g/mol. The summed E-state index contributed by atoms with van der Waals surface area (Å²) in [5.74, 6) is 0.841. The molecule has 7 heteroatoms. The van der Waals surface area contributed by atoms with Crippen molar-refractivity contribution in [3.8, 4) is 0 Å². The molecular formula is C16H24N4O3. The Hall–Kier alpha value is -1.89. The molecule has 2 aromatic rings. The topological polar surface area (TPSA) is 92.9 Å². The van der Waals surface area contributed by atoms with E-state index in [9.17, 15) is 14.7 Å². The van der Waals surface area contributed by atoms with Crippen molar-refractivity contribution in [1.29, 1.82) is 0 Å². The number of aliphatic hydroxyl groups excluding tert-OH is 1. The van der Waals surface area contributed by atoms with Gasteiger partial charge in [-0.3, -0.25) is 13.9 Å². The normalized spacial score (nSPS) is 21.3. The van der Waals surface area contributed by atoms with E-state index in [0.717, 1.165) is 25.7 Å². The van der Waals surface area contributed by atoms with Crippen LogP contribution >= 0.6 is 0 Å². The maximum atomic E-state index is 12.6.